The highest BCUT2D eigenvalue weighted by atomic mass is 16.1. The molecule has 12 heavy (non-hydrogen) atoms. The lowest BCUT2D eigenvalue weighted by atomic mass is 10.0. The maximum Gasteiger partial charge on any atom is 0.219 e. The highest BCUT2D eigenvalue weighted by Gasteiger charge is 2.04. The van der Waals surface area contributed by atoms with Gasteiger partial charge in [0.25, 0.3) is 0 Å². The molecule has 72 valence electrons. The summed E-state index contributed by atoms with van der Waals surface area (Å²) in [6.45, 7) is 5.51. The molecule has 0 aliphatic heterocycles. The Kier molecular flexibility index (Phi) is 6.76. The molecule has 0 saturated carbocycles. The monoisotopic (exact) mass is 172 g/mol. The first kappa shape index (κ1) is 11.4. The van der Waals surface area contributed by atoms with Gasteiger partial charge in [0.15, 0.2) is 0 Å². The molecule has 0 aromatic heterocycles. The van der Waals surface area contributed by atoms with E-state index in [0.29, 0.717) is 12.3 Å². The standard InChI is InChI=1S/C9H20N2O/c1-3-11-9(12)5-4-8(2)6-7-10/h8H,3-7,10H2,1-2H3,(H,11,12). The second-order valence-corrected chi connectivity index (χ2v) is 3.17. The summed E-state index contributed by atoms with van der Waals surface area (Å²) >= 11 is 0. The van der Waals surface area contributed by atoms with Gasteiger partial charge in [0.05, 0.1) is 0 Å². The lowest BCUT2D eigenvalue weighted by Crippen LogP contribution is -2.23. The summed E-state index contributed by atoms with van der Waals surface area (Å²) in [5, 5.41) is 2.77. The van der Waals surface area contributed by atoms with E-state index in [4.69, 9.17) is 5.73 Å². The lowest BCUT2D eigenvalue weighted by Gasteiger charge is -2.08. The van der Waals surface area contributed by atoms with Crippen molar-refractivity contribution in [3.05, 3.63) is 0 Å². The fraction of sp³-hybridized carbons (Fsp3) is 0.889. The zero-order valence-corrected chi connectivity index (χ0v) is 8.10. The Hall–Kier alpha value is -0.570. The van der Waals surface area contributed by atoms with Crippen LogP contribution in [0.1, 0.15) is 33.1 Å². The van der Waals surface area contributed by atoms with E-state index in [1.165, 1.54) is 0 Å². The van der Waals surface area contributed by atoms with Crippen LogP contribution in [0.4, 0.5) is 0 Å². The van der Waals surface area contributed by atoms with Gasteiger partial charge in [-0.2, -0.15) is 0 Å². The van der Waals surface area contributed by atoms with Crippen molar-refractivity contribution < 1.29 is 4.79 Å². The predicted octanol–water partition coefficient (Wildman–Crippen LogP) is 0.888. The molecule has 0 aromatic rings. The minimum atomic E-state index is 0.154. The molecule has 0 bridgehead atoms. The van der Waals surface area contributed by atoms with Gasteiger partial charge in [0, 0.05) is 13.0 Å². The topological polar surface area (TPSA) is 55.1 Å². The molecule has 0 rings (SSSR count). The van der Waals surface area contributed by atoms with E-state index in [1.807, 2.05) is 6.92 Å². The van der Waals surface area contributed by atoms with Crippen LogP contribution in [0.15, 0.2) is 0 Å². The Bertz CT molecular complexity index is 126. The lowest BCUT2D eigenvalue weighted by molar-refractivity contribution is -0.121. The SMILES string of the molecule is CCNC(=O)CCC(C)CCN. The maximum atomic E-state index is 11.0. The van der Waals surface area contributed by atoms with Gasteiger partial charge in [-0.15, -0.1) is 0 Å². The molecule has 3 N–H and O–H groups in total. The van der Waals surface area contributed by atoms with Crippen molar-refractivity contribution in [1.82, 2.24) is 5.32 Å². The van der Waals surface area contributed by atoms with Crippen molar-refractivity contribution in [1.29, 1.82) is 0 Å². The molecule has 0 aromatic carbocycles. The molecule has 1 atom stereocenters. The van der Waals surface area contributed by atoms with E-state index >= 15 is 0 Å². The van der Waals surface area contributed by atoms with Gasteiger partial charge >= 0.3 is 0 Å². The summed E-state index contributed by atoms with van der Waals surface area (Å²) in [5.41, 5.74) is 5.39. The van der Waals surface area contributed by atoms with Gasteiger partial charge in [-0.25, -0.2) is 0 Å². The molecule has 0 aliphatic rings. The van der Waals surface area contributed by atoms with E-state index in [0.717, 1.165) is 25.9 Å². The average molecular weight is 172 g/mol. The fourth-order valence-corrected chi connectivity index (χ4v) is 1.09. The van der Waals surface area contributed by atoms with Crippen molar-refractivity contribution in [2.45, 2.75) is 33.1 Å². The zero-order chi connectivity index (χ0) is 9.40. The molecule has 0 fully saturated rings. The molecule has 1 amide bonds. The maximum absolute atomic E-state index is 11.0. The van der Waals surface area contributed by atoms with Gasteiger partial charge in [-0.1, -0.05) is 6.92 Å². The van der Waals surface area contributed by atoms with Gasteiger partial charge in [-0.3, -0.25) is 4.79 Å². The van der Waals surface area contributed by atoms with Crippen LogP contribution in [0.2, 0.25) is 0 Å². The summed E-state index contributed by atoms with van der Waals surface area (Å²) in [6.07, 6.45) is 2.59. The Morgan fingerprint density at radius 2 is 2.17 bits per heavy atom. The third kappa shape index (κ3) is 6.16. The van der Waals surface area contributed by atoms with Crippen LogP contribution in [0.5, 0.6) is 0 Å². The van der Waals surface area contributed by atoms with Gasteiger partial charge in [0.2, 0.25) is 5.91 Å². The van der Waals surface area contributed by atoms with Crippen LogP contribution < -0.4 is 11.1 Å². The van der Waals surface area contributed by atoms with Crippen molar-refractivity contribution in [3.8, 4) is 0 Å². The zero-order valence-electron chi connectivity index (χ0n) is 8.10. The molecular weight excluding hydrogens is 152 g/mol. The number of rotatable bonds is 6. The number of nitrogens with one attached hydrogen (secondary N) is 1. The summed E-state index contributed by atoms with van der Waals surface area (Å²) in [6, 6.07) is 0. The van der Waals surface area contributed by atoms with Crippen molar-refractivity contribution in [2.75, 3.05) is 13.1 Å². The number of hydrogen-bond donors (Lipinski definition) is 2. The largest absolute Gasteiger partial charge is 0.356 e. The number of nitrogens with two attached hydrogens (primary N) is 1. The molecule has 0 radical (unpaired) electrons. The minimum absolute atomic E-state index is 0.154. The van der Waals surface area contributed by atoms with E-state index in [9.17, 15) is 4.79 Å². The van der Waals surface area contributed by atoms with E-state index in [-0.39, 0.29) is 5.91 Å². The van der Waals surface area contributed by atoms with Crippen LogP contribution in [-0.4, -0.2) is 19.0 Å². The third-order valence-electron chi connectivity index (χ3n) is 1.90. The number of hydrogen-bond acceptors (Lipinski definition) is 2. The number of carbonyl (C=O) groups is 1. The number of carbonyl (C=O) groups excluding carboxylic acids is 1. The van der Waals surface area contributed by atoms with Gasteiger partial charge in [0.1, 0.15) is 0 Å². The highest BCUT2D eigenvalue weighted by Crippen LogP contribution is 2.08. The van der Waals surface area contributed by atoms with Gasteiger partial charge < -0.3 is 11.1 Å². The second kappa shape index (κ2) is 7.10. The second-order valence-electron chi connectivity index (χ2n) is 3.17. The van der Waals surface area contributed by atoms with Crippen LogP contribution in [0.25, 0.3) is 0 Å². The van der Waals surface area contributed by atoms with Crippen LogP contribution in [0, 0.1) is 5.92 Å². The van der Waals surface area contributed by atoms with Crippen LogP contribution in [0.3, 0.4) is 0 Å². The molecule has 0 aliphatic carbocycles. The number of amides is 1. The third-order valence-corrected chi connectivity index (χ3v) is 1.90. The smallest absolute Gasteiger partial charge is 0.219 e. The fourth-order valence-electron chi connectivity index (χ4n) is 1.09. The minimum Gasteiger partial charge on any atom is -0.356 e. The van der Waals surface area contributed by atoms with E-state index < -0.39 is 0 Å². The highest BCUT2D eigenvalue weighted by molar-refractivity contribution is 5.75. The molecule has 0 spiro atoms. The first-order valence-corrected chi connectivity index (χ1v) is 4.67. The Labute approximate surface area is 74.7 Å². The van der Waals surface area contributed by atoms with Gasteiger partial charge in [-0.05, 0) is 32.2 Å². The molecular formula is C9H20N2O. The van der Waals surface area contributed by atoms with E-state index in [2.05, 4.69) is 12.2 Å². The van der Waals surface area contributed by atoms with Crippen molar-refractivity contribution in [2.24, 2.45) is 11.7 Å². The quantitative estimate of drug-likeness (QED) is 0.625. The Morgan fingerprint density at radius 1 is 1.50 bits per heavy atom. The summed E-state index contributed by atoms with van der Waals surface area (Å²) in [7, 11) is 0. The first-order chi connectivity index (χ1) is 5.70. The first-order valence-electron chi connectivity index (χ1n) is 4.67. The van der Waals surface area contributed by atoms with Crippen molar-refractivity contribution >= 4 is 5.91 Å². The summed E-state index contributed by atoms with van der Waals surface area (Å²) in [5.74, 6) is 0.721. The Balaban J connectivity index is 3.33. The Morgan fingerprint density at radius 3 is 2.67 bits per heavy atom. The summed E-state index contributed by atoms with van der Waals surface area (Å²) in [4.78, 5) is 11.0. The molecule has 3 nitrogen and oxygen atoms in total. The molecule has 1 unspecified atom stereocenters. The molecule has 0 heterocycles. The molecule has 0 saturated heterocycles. The average Bonchev–Trinajstić information content (AvgIpc) is 2.02. The summed E-state index contributed by atoms with van der Waals surface area (Å²) < 4.78 is 0. The van der Waals surface area contributed by atoms with Crippen molar-refractivity contribution in [3.63, 3.8) is 0 Å². The van der Waals surface area contributed by atoms with Crippen LogP contribution in [-0.2, 0) is 4.79 Å². The molecule has 3 heteroatoms. The van der Waals surface area contributed by atoms with Crippen LogP contribution >= 0.6 is 0 Å². The van der Waals surface area contributed by atoms with E-state index in [1.54, 1.807) is 0 Å². The predicted molar refractivity (Wildman–Crippen MR) is 50.8 cm³/mol. The normalized spacial score (nSPS) is 12.6.